The lowest BCUT2D eigenvalue weighted by Gasteiger charge is -2.38. The topological polar surface area (TPSA) is 67.1 Å². The molecule has 3 rings (SSSR count). The van der Waals surface area contributed by atoms with Crippen LogP contribution >= 0.6 is 11.8 Å². The first-order chi connectivity index (χ1) is 9.31. The van der Waals surface area contributed by atoms with Gasteiger partial charge in [0.25, 0.3) is 0 Å². The minimum atomic E-state index is 0.670. The van der Waals surface area contributed by atoms with Crippen LogP contribution < -0.4 is 16.2 Å². The average molecular weight is 279 g/mol. The van der Waals surface area contributed by atoms with Crippen molar-refractivity contribution in [2.75, 3.05) is 23.1 Å². The van der Waals surface area contributed by atoms with Crippen LogP contribution in [0.25, 0.3) is 0 Å². The molecule has 2 aliphatic rings. The third-order valence-corrected chi connectivity index (χ3v) is 4.86. The number of rotatable bonds is 3. The standard InChI is InChI=1S/C13H21N5S/c1-19-13-15-11(17-14)8-12(16-13)18-7-3-5-9-4-2-6-10(9)18/h8-10H,2-7,14H2,1H3,(H,15,16,17). The number of nitrogens with zero attached hydrogens (tertiary/aromatic N) is 3. The van der Waals surface area contributed by atoms with Crippen molar-refractivity contribution in [2.24, 2.45) is 11.8 Å². The minimum Gasteiger partial charge on any atom is -0.353 e. The highest BCUT2D eigenvalue weighted by molar-refractivity contribution is 7.98. The monoisotopic (exact) mass is 279 g/mol. The predicted octanol–water partition coefficient (Wildman–Crippen LogP) is 2.25. The fourth-order valence-corrected chi connectivity index (χ4v) is 3.84. The van der Waals surface area contributed by atoms with Gasteiger partial charge in [-0.1, -0.05) is 18.2 Å². The van der Waals surface area contributed by atoms with Crippen molar-refractivity contribution in [3.05, 3.63) is 6.07 Å². The number of anilines is 2. The van der Waals surface area contributed by atoms with Crippen molar-refractivity contribution in [1.82, 2.24) is 9.97 Å². The van der Waals surface area contributed by atoms with Crippen LogP contribution in [0.4, 0.5) is 11.6 Å². The highest BCUT2D eigenvalue weighted by Gasteiger charge is 2.35. The van der Waals surface area contributed by atoms with E-state index in [0.29, 0.717) is 11.9 Å². The average Bonchev–Trinajstić information content (AvgIpc) is 2.94. The quantitative estimate of drug-likeness (QED) is 0.383. The Bertz CT molecular complexity index is 430. The van der Waals surface area contributed by atoms with Crippen molar-refractivity contribution >= 4 is 23.4 Å². The number of nitrogens with one attached hydrogen (secondary N) is 1. The Kier molecular flexibility index (Phi) is 3.79. The zero-order valence-electron chi connectivity index (χ0n) is 11.3. The lowest BCUT2D eigenvalue weighted by molar-refractivity contribution is 0.360. The Hall–Kier alpha value is -1.01. The summed E-state index contributed by atoms with van der Waals surface area (Å²) in [6.45, 7) is 1.11. The molecule has 5 nitrogen and oxygen atoms in total. The normalized spacial score (nSPS) is 26.3. The molecule has 2 fully saturated rings. The number of hydrazine groups is 1. The van der Waals surface area contributed by atoms with Crippen molar-refractivity contribution < 1.29 is 0 Å². The van der Waals surface area contributed by atoms with E-state index in [1.54, 1.807) is 11.8 Å². The van der Waals surface area contributed by atoms with Crippen LogP contribution in [0.5, 0.6) is 0 Å². The third kappa shape index (κ3) is 2.51. The van der Waals surface area contributed by atoms with Crippen LogP contribution in [0.3, 0.4) is 0 Å². The number of hydrogen-bond donors (Lipinski definition) is 2. The molecular formula is C13H21N5S. The molecule has 1 aliphatic heterocycles. The number of aromatic nitrogens is 2. The molecular weight excluding hydrogens is 258 g/mol. The Labute approximate surface area is 118 Å². The smallest absolute Gasteiger partial charge is 0.191 e. The van der Waals surface area contributed by atoms with E-state index in [1.807, 2.05) is 12.3 Å². The zero-order chi connectivity index (χ0) is 13.2. The molecule has 2 unspecified atom stereocenters. The van der Waals surface area contributed by atoms with Gasteiger partial charge >= 0.3 is 0 Å². The summed E-state index contributed by atoms with van der Waals surface area (Å²) in [6, 6.07) is 2.64. The SMILES string of the molecule is CSc1nc(NN)cc(N2CCCC3CCCC32)n1. The summed E-state index contributed by atoms with van der Waals surface area (Å²) in [7, 11) is 0. The molecule has 0 bridgehead atoms. The Balaban J connectivity index is 1.91. The van der Waals surface area contributed by atoms with E-state index in [9.17, 15) is 0 Å². The third-order valence-electron chi connectivity index (χ3n) is 4.31. The maximum atomic E-state index is 5.51. The Morgan fingerprint density at radius 3 is 2.95 bits per heavy atom. The van der Waals surface area contributed by atoms with E-state index in [1.165, 1.54) is 32.1 Å². The number of nitrogen functional groups attached to an aromatic ring is 1. The van der Waals surface area contributed by atoms with Crippen LogP contribution in [-0.4, -0.2) is 28.8 Å². The second-order valence-electron chi connectivity index (χ2n) is 5.34. The van der Waals surface area contributed by atoms with E-state index in [-0.39, 0.29) is 0 Å². The molecule has 19 heavy (non-hydrogen) atoms. The van der Waals surface area contributed by atoms with Crippen molar-refractivity contribution in [1.29, 1.82) is 0 Å². The molecule has 2 heterocycles. The highest BCUT2D eigenvalue weighted by atomic mass is 32.2. The summed E-state index contributed by atoms with van der Waals surface area (Å²) in [6.07, 6.45) is 8.68. The van der Waals surface area contributed by atoms with Crippen molar-refractivity contribution in [2.45, 2.75) is 43.3 Å². The second-order valence-corrected chi connectivity index (χ2v) is 6.11. The van der Waals surface area contributed by atoms with Crippen LogP contribution in [0, 0.1) is 5.92 Å². The lowest BCUT2D eigenvalue weighted by Crippen LogP contribution is -2.43. The summed E-state index contributed by atoms with van der Waals surface area (Å²) < 4.78 is 0. The molecule has 0 aromatic carbocycles. The van der Waals surface area contributed by atoms with Gasteiger partial charge in [0.1, 0.15) is 11.6 Å². The number of piperidine rings is 1. The largest absolute Gasteiger partial charge is 0.353 e. The molecule has 0 spiro atoms. The fraction of sp³-hybridized carbons (Fsp3) is 0.692. The molecule has 0 radical (unpaired) electrons. The zero-order valence-corrected chi connectivity index (χ0v) is 12.1. The van der Waals surface area contributed by atoms with Crippen molar-refractivity contribution in [3.63, 3.8) is 0 Å². The fourth-order valence-electron chi connectivity index (χ4n) is 3.46. The molecule has 1 aromatic heterocycles. The van der Waals surface area contributed by atoms with Gasteiger partial charge in [0, 0.05) is 18.7 Å². The van der Waals surface area contributed by atoms with E-state index in [2.05, 4.69) is 20.3 Å². The van der Waals surface area contributed by atoms with Crippen LogP contribution in [0.15, 0.2) is 11.2 Å². The van der Waals surface area contributed by atoms with Gasteiger partial charge in [-0.2, -0.15) is 0 Å². The molecule has 0 amide bonds. The number of thioether (sulfide) groups is 1. The number of fused-ring (bicyclic) bond motifs is 1. The Morgan fingerprint density at radius 1 is 1.32 bits per heavy atom. The highest BCUT2D eigenvalue weighted by Crippen LogP contribution is 2.39. The van der Waals surface area contributed by atoms with E-state index in [0.717, 1.165) is 23.4 Å². The second kappa shape index (κ2) is 5.54. The molecule has 3 N–H and O–H groups in total. The molecule has 1 aromatic rings. The first-order valence-corrected chi connectivity index (χ1v) is 8.20. The molecule has 1 saturated carbocycles. The Morgan fingerprint density at radius 2 is 2.16 bits per heavy atom. The summed E-state index contributed by atoms with van der Waals surface area (Å²) in [5.41, 5.74) is 2.65. The van der Waals surface area contributed by atoms with Crippen LogP contribution in [0.1, 0.15) is 32.1 Å². The molecule has 6 heteroatoms. The van der Waals surface area contributed by atoms with Gasteiger partial charge in [-0.3, -0.25) is 0 Å². The maximum absolute atomic E-state index is 5.51. The van der Waals surface area contributed by atoms with Crippen LogP contribution in [0.2, 0.25) is 0 Å². The maximum Gasteiger partial charge on any atom is 0.191 e. The van der Waals surface area contributed by atoms with Crippen LogP contribution in [-0.2, 0) is 0 Å². The van der Waals surface area contributed by atoms with Gasteiger partial charge in [0.2, 0.25) is 0 Å². The van der Waals surface area contributed by atoms with Gasteiger partial charge in [-0.15, -0.1) is 0 Å². The molecule has 1 aliphatic carbocycles. The van der Waals surface area contributed by atoms with Gasteiger partial charge in [0.15, 0.2) is 5.16 Å². The van der Waals surface area contributed by atoms with E-state index < -0.39 is 0 Å². The molecule has 1 saturated heterocycles. The summed E-state index contributed by atoms with van der Waals surface area (Å²) in [5.74, 6) is 8.10. The molecule has 2 atom stereocenters. The summed E-state index contributed by atoms with van der Waals surface area (Å²) >= 11 is 1.56. The van der Waals surface area contributed by atoms with Gasteiger partial charge in [-0.25, -0.2) is 15.8 Å². The number of hydrogen-bond acceptors (Lipinski definition) is 6. The number of nitrogens with two attached hydrogens (primary N) is 1. The first kappa shape index (κ1) is 13.0. The lowest BCUT2D eigenvalue weighted by atomic mass is 9.92. The van der Waals surface area contributed by atoms with Crippen molar-refractivity contribution in [3.8, 4) is 0 Å². The summed E-state index contributed by atoms with van der Waals surface area (Å²) in [5, 5.41) is 0.783. The van der Waals surface area contributed by atoms with Gasteiger partial charge in [-0.05, 0) is 37.9 Å². The predicted molar refractivity (Wildman–Crippen MR) is 79.3 cm³/mol. The molecule has 104 valence electrons. The first-order valence-electron chi connectivity index (χ1n) is 6.98. The van der Waals surface area contributed by atoms with E-state index >= 15 is 0 Å². The van der Waals surface area contributed by atoms with E-state index in [4.69, 9.17) is 5.84 Å². The van der Waals surface area contributed by atoms with Gasteiger partial charge in [0.05, 0.1) is 0 Å². The summed E-state index contributed by atoms with van der Waals surface area (Å²) in [4.78, 5) is 11.5. The van der Waals surface area contributed by atoms with Gasteiger partial charge < -0.3 is 10.3 Å². The minimum absolute atomic E-state index is 0.670.